The third-order valence-corrected chi connectivity index (χ3v) is 8.94. The van der Waals surface area contributed by atoms with E-state index < -0.39 is 0 Å². The summed E-state index contributed by atoms with van der Waals surface area (Å²) in [6.45, 7) is 0.196. The summed E-state index contributed by atoms with van der Waals surface area (Å²) in [4.78, 5) is 40.3. The number of rotatable bonds is 7. The molecule has 2 aromatic heterocycles. The van der Waals surface area contributed by atoms with Gasteiger partial charge >= 0.3 is 6.09 Å². The molecule has 9 heteroatoms. The molecule has 2 fully saturated rings. The predicted molar refractivity (Wildman–Crippen MR) is 163 cm³/mol. The highest BCUT2D eigenvalue weighted by atomic mass is 32.2. The molecule has 3 aromatic carbocycles. The molecule has 0 spiro atoms. The van der Waals surface area contributed by atoms with Gasteiger partial charge in [0.1, 0.15) is 23.8 Å². The van der Waals surface area contributed by atoms with E-state index in [4.69, 9.17) is 9.72 Å². The first-order chi connectivity index (χ1) is 20.6. The Hall–Kier alpha value is -4.63. The molecule has 42 heavy (non-hydrogen) atoms. The Morgan fingerprint density at radius 3 is 2.48 bits per heavy atom. The molecule has 2 atom stereocenters. The van der Waals surface area contributed by atoms with Crippen LogP contribution in [0.2, 0.25) is 0 Å². The average molecular weight is 576 g/mol. The minimum absolute atomic E-state index is 0.0240. The number of nitrogens with one attached hydrogen (secondary N) is 2. The summed E-state index contributed by atoms with van der Waals surface area (Å²) in [7, 11) is 0. The number of hydrogen-bond donors (Lipinski definition) is 2. The van der Waals surface area contributed by atoms with Crippen LogP contribution in [-0.4, -0.2) is 43.6 Å². The van der Waals surface area contributed by atoms with Crippen LogP contribution in [0.15, 0.2) is 97.3 Å². The van der Waals surface area contributed by atoms with Crippen LogP contribution in [0.5, 0.6) is 0 Å². The molecule has 210 valence electrons. The van der Waals surface area contributed by atoms with Gasteiger partial charge in [-0.1, -0.05) is 48.5 Å². The van der Waals surface area contributed by atoms with Gasteiger partial charge in [0.05, 0.1) is 11.0 Å². The van der Waals surface area contributed by atoms with Crippen molar-refractivity contribution in [3.63, 3.8) is 0 Å². The van der Waals surface area contributed by atoms with Crippen LogP contribution in [0, 0.1) is 0 Å². The zero-order valence-electron chi connectivity index (χ0n) is 22.8. The number of carbonyl (C=O) groups is 2. The van der Waals surface area contributed by atoms with Crippen molar-refractivity contribution < 1.29 is 14.3 Å². The zero-order chi connectivity index (χ0) is 28.5. The summed E-state index contributed by atoms with van der Waals surface area (Å²) < 4.78 is 5.81. The van der Waals surface area contributed by atoms with Crippen molar-refractivity contribution in [2.75, 3.05) is 5.75 Å². The largest absolute Gasteiger partial charge is 0.444 e. The second kappa shape index (κ2) is 11.3. The van der Waals surface area contributed by atoms with Crippen molar-refractivity contribution in [3.8, 4) is 11.1 Å². The van der Waals surface area contributed by atoms with Gasteiger partial charge < -0.3 is 15.0 Å². The molecule has 3 heterocycles. The molecule has 1 unspecified atom stereocenters. The number of aromatic nitrogens is 3. The standard InChI is InChI=1S/C33H29N5O3S/c39-31(35-26-11-12-26)23-8-6-22(7-9-23)25-10-13-27-28(18-25)37-30(36-27)29-20-42-32(24-14-16-34-17-15-24)38(29)33(40)41-19-21-4-2-1-3-5-21/h1-10,13-18,26,29,32H,11-12,19-20H2,(H,35,39)(H,36,37)/t29-,32?/m1/s1. The number of ether oxygens (including phenoxy) is 1. The van der Waals surface area contributed by atoms with E-state index in [-0.39, 0.29) is 30.0 Å². The molecule has 1 aliphatic heterocycles. The van der Waals surface area contributed by atoms with Gasteiger partial charge in [0.25, 0.3) is 5.91 Å². The number of imidazole rings is 1. The molecular formula is C33H29N5O3S. The predicted octanol–water partition coefficient (Wildman–Crippen LogP) is 6.64. The first-order valence-electron chi connectivity index (χ1n) is 14.0. The Bertz CT molecular complexity index is 1720. The van der Waals surface area contributed by atoms with Crippen LogP contribution in [0.1, 0.15) is 51.6 Å². The number of amides is 2. The third-order valence-electron chi connectivity index (χ3n) is 7.62. The van der Waals surface area contributed by atoms with E-state index in [1.807, 2.05) is 78.9 Å². The first kappa shape index (κ1) is 26.3. The lowest BCUT2D eigenvalue weighted by Gasteiger charge is -2.27. The van der Waals surface area contributed by atoms with E-state index in [9.17, 15) is 9.59 Å². The number of fused-ring (bicyclic) bond motifs is 1. The van der Waals surface area contributed by atoms with Gasteiger partial charge in [-0.05, 0) is 71.5 Å². The molecule has 2 N–H and O–H groups in total. The number of nitrogens with zero attached hydrogens (tertiary/aromatic N) is 3. The molecule has 1 aliphatic carbocycles. The fourth-order valence-corrected chi connectivity index (χ4v) is 6.62. The maximum atomic E-state index is 13.6. The van der Waals surface area contributed by atoms with Crippen LogP contribution in [0.3, 0.4) is 0 Å². The van der Waals surface area contributed by atoms with Crippen LogP contribution >= 0.6 is 11.8 Å². The molecule has 8 nitrogen and oxygen atoms in total. The Morgan fingerprint density at radius 1 is 0.952 bits per heavy atom. The summed E-state index contributed by atoms with van der Waals surface area (Å²) in [5.41, 5.74) is 6.32. The van der Waals surface area contributed by atoms with Gasteiger partial charge in [0, 0.05) is 29.8 Å². The van der Waals surface area contributed by atoms with E-state index in [0.29, 0.717) is 17.4 Å². The molecule has 1 saturated heterocycles. The Labute approximate surface area is 247 Å². The van der Waals surface area contributed by atoms with E-state index in [0.717, 1.165) is 52.0 Å². The Morgan fingerprint density at radius 2 is 1.71 bits per heavy atom. The molecule has 0 bridgehead atoms. The number of carbonyl (C=O) groups excluding carboxylic acids is 2. The smallest absolute Gasteiger partial charge is 0.411 e. The highest BCUT2D eigenvalue weighted by Gasteiger charge is 2.42. The molecular weight excluding hydrogens is 546 g/mol. The second-order valence-corrected chi connectivity index (χ2v) is 11.7. The Kier molecular flexibility index (Phi) is 7.09. The number of thioether (sulfide) groups is 1. The molecule has 5 aromatic rings. The maximum Gasteiger partial charge on any atom is 0.411 e. The van der Waals surface area contributed by atoms with Crippen molar-refractivity contribution >= 4 is 34.8 Å². The fraction of sp³-hybridized carbons (Fsp3) is 0.212. The molecule has 1 saturated carbocycles. The van der Waals surface area contributed by atoms with Crippen molar-refractivity contribution in [3.05, 3.63) is 120 Å². The van der Waals surface area contributed by atoms with Gasteiger partial charge in [0.2, 0.25) is 0 Å². The highest BCUT2D eigenvalue weighted by molar-refractivity contribution is 7.99. The monoisotopic (exact) mass is 575 g/mol. The van der Waals surface area contributed by atoms with E-state index in [1.165, 1.54) is 0 Å². The molecule has 0 radical (unpaired) electrons. The number of pyridine rings is 1. The summed E-state index contributed by atoms with van der Waals surface area (Å²) in [6, 6.07) is 27.3. The highest BCUT2D eigenvalue weighted by Crippen LogP contribution is 2.47. The van der Waals surface area contributed by atoms with Crippen LogP contribution in [0.4, 0.5) is 4.79 Å². The topological polar surface area (TPSA) is 100 Å². The lowest BCUT2D eigenvalue weighted by atomic mass is 10.0. The quantitative estimate of drug-likeness (QED) is 0.226. The second-order valence-electron chi connectivity index (χ2n) is 10.6. The fourth-order valence-electron chi connectivity index (χ4n) is 5.20. The molecule has 7 rings (SSSR count). The molecule has 2 amide bonds. The van der Waals surface area contributed by atoms with Gasteiger partial charge in [0.15, 0.2) is 0 Å². The van der Waals surface area contributed by atoms with E-state index in [1.54, 1.807) is 29.1 Å². The SMILES string of the molecule is O=C(NC1CC1)c1ccc(-c2ccc3nc([C@H]4CSC(c5ccncc5)N4C(=O)OCc4ccccc4)[nH]c3c2)cc1. The number of aromatic amines is 1. The summed E-state index contributed by atoms with van der Waals surface area (Å²) in [6.07, 6.45) is 5.22. The molecule has 2 aliphatic rings. The van der Waals surface area contributed by atoms with Gasteiger partial charge in [-0.15, -0.1) is 11.8 Å². The van der Waals surface area contributed by atoms with Crippen molar-refractivity contribution in [2.45, 2.75) is 36.9 Å². The Balaban J connectivity index is 1.14. The van der Waals surface area contributed by atoms with Crippen LogP contribution in [-0.2, 0) is 11.3 Å². The van der Waals surface area contributed by atoms with Crippen LogP contribution < -0.4 is 5.32 Å². The lowest BCUT2D eigenvalue weighted by Crippen LogP contribution is -2.34. The van der Waals surface area contributed by atoms with E-state index in [2.05, 4.69) is 21.4 Å². The maximum absolute atomic E-state index is 13.6. The minimum atomic E-state index is -0.386. The number of benzene rings is 3. The lowest BCUT2D eigenvalue weighted by molar-refractivity contribution is 0.0818. The number of H-pyrrole nitrogens is 1. The summed E-state index contributed by atoms with van der Waals surface area (Å²) in [5.74, 6) is 1.36. The summed E-state index contributed by atoms with van der Waals surface area (Å²) in [5, 5.41) is 2.81. The van der Waals surface area contributed by atoms with Crippen molar-refractivity contribution in [2.24, 2.45) is 0 Å². The first-order valence-corrected chi connectivity index (χ1v) is 15.1. The average Bonchev–Trinajstić information content (AvgIpc) is 3.57. The minimum Gasteiger partial charge on any atom is -0.444 e. The van der Waals surface area contributed by atoms with Gasteiger partial charge in [-0.25, -0.2) is 9.78 Å². The normalized spacial score (nSPS) is 18.2. The van der Waals surface area contributed by atoms with Gasteiger partial charge in [-0.3, -0.25) is 14.7 Å². The zero-order valence-corrected chi connectivity index (χ0v) is 23.6. The van der Waals surface area contributed by atoms with Crippen molar-refractivity contribution in [1.82, 2.24) is 25.2 Å². The van der Waals surface area contributed by atoms with E-state index >= 15 is 0 Å². The van der Waals surface area contributed by atoms with Crippen molar-refractivity contribution in [1.29, 1.82) is 0 Å². The third kappa shape index (κ3) is 5.47. The summed E-state index contributed by atoms with van der Waals surface area (Å²) >= 11 is 1.68. The van der Waals surface area contributed by atoms with Crippen LogP contribution in [0.25, 0.3) is 22.2 Å². The number of hydrogen-bond acceptors (Lipinski definition) is 6. The van der Waals surface area contributed by atoms with Gasteiger partial charge in [-0.2, -0.15) is 0 Å².